The summed E-state index contributed by atoms with van der Waals surface area (Å²) in [5.74, 6) is -0.471. The van der Waals surface area contributed by atoms with Crippen LogP contribution < -0.4 is 19.5 Å². The number of fused-ring (bicyclic) bond motifs is 2. The van der Waals surface area contributed by atoms with Crippen molar-refractivity contribution >= 4 is 57.6 Å². The van der Waals surface area contributed by atoms with Crippen LogP contribution >= 0.6 is 34.8 Å². The highest BCUT2D eigenvalue weighted by molar-refractivity contribution is 6.36. The molecular weight excluding hydrogens is 579 g/mol. The molecule has 5 rings (SSSR count). The Morgan fingerprint density at radius 2 is 1.73 bits per heavy atom. The number of halogens is 3. The predicted molar refractivity (Wildman–Crippen MR) is 154 cm³/mol. The fraction of sp³-hybridized carbons (Fsp3) is 0.241. The second kappa shape index (κ2) is 11.5. The molecule has 0 fully saturated rings. The minimum absolute atomic E-state index is 0.0558. The fourth-order valence-corrected chi connectivity index (χ4v) is 5.26. The van der Waals surface area contributed by atoms with Crippen LogP contribution in [0.1, 0.15) is 36.3 Å². The summed E-state index contributed by atoms with van der Waals surface area (Å²) < 4.78 is 18.6. The number of amides is 1. The Labute approximate surface area is 245 Å². The molecule has 0 radical (unpaired) electrons. The van der Waals surface area contributed by atoms with Gasteiger partial charge in [0.2, 0.25) is 6.79 Å². The maximum absolute atomic E-state index is 13.6. The molecule has 1 amide bonds. The van der Waals surface area contributed by atoms with Crippen molar-refractivity contribution in [1.82, 2.24) is 9.88 Å². The van der Waals surface area contributed by atoms with E-state index in [4.69, 9.17) is 49.0 Å². The second-order valence-corrected chi connectivity index (χ2v) is 10.6. The third-order valence-corrected chi connectivity index (χ3v) is 7.91. The van der Waals surface area contributed by atoms with Gasteiger partial charge in [0.15, 0.2) is 11.5 Å². The highest BCUT2D eigenvalue weighted by Crippen LogP contribution is 2.40. The van der Waals surface area contributed by atoms with Crippen LogP contribution in [0.4, 0.5) is 0 Å². The number of aromatic nitrogens is 1. The van der Waals surface area contributed by atoms with Gasteiger partial charge in [-0.2, -0.15) is 0 Å². The average Bonchev–Trinajstić information content (AvgIpc) is 3.54. The van der Waals surface area contributed by atoms with Gasteiger partial charge in [0.05, 0.1) is 16.2 Å². The Hall–Kier alpha value is -3.59. The molecule has 8 nitrogen and oxygen atoms in total. The number of carbonyl (C=O) groups excluding carboxylic acids is 1. The van der Waals surface area contributed by atoms with Gasteiger partial charge in [-0.05, 0) is 42.3 Å². The first-order valence-electron chi connectivity index (χ1n) is 12.5. The van der Waals surface area contributed by atoms with E-state index in [1.54, 1.807) is 66.1 Å². The molecular formula is C29H25Cl3N2O6. The molecule has 11 heteroatoms. The first-order chi connectivity index (χ1) is 19.2. The number of hydrogen-bond donors (Lipinski definition) is 2. The fourth-order valence-electron chi connectivity index (χ4n) is 4.51. The highest BCUT2D eigenvalue weighted by Gasteiger charge is 2.29. The van der Waals surface area contributed by atoms with Gasteiger partial charge in [-0.3, -0.25) is 4.79 Å². The first kappa shape index (κ1) is 28.0. The van der Waals surface area contributed by atoms with Gasteiger partial charge in [-0.1, -0.05) is 61.1 Å². The van der Waals surface area contributed by atoms with E-state index in [-0.39, 0.29) is 25.0 Å². The zero-order valence-corrected chi connectivity index (χ0v) is 23.8. The van der Waals surface area contributed by atoms with Crippen LogP contribution in [0.2, 0.25) is 15.1 Å². The molecule has 2 heterocycles. The van der Waals surface area contributed by atoms with Crippen molar-refractivity contribution in [2.24, 2.45) is 5.92 Å². The van der Waals surface area contributed by atoms with Gasteiger partial charge in [-0.25, -0.2) is 4.79 Å². The van der Waals surface area contributed by atoms with Gasteiger partial charge in [0.1, 0.15) is 24.1 Å². The third kappa shape index (κ3) is 5.39. The van der Waals surface area contributed by atoms with E-state index in [1.165, 1.54) is 0 Å². The lowest BCUT2D eigenvalue weighted by molar-refractivity contribution is -0.140. The van der Waals surface area contributed by atoms with E-state index in [9.17, 15) is 14.7 Å². The molecule has 4 aromatic rings. The molecule has 0 spiro atoms. The summed E-state index contributed by atoms with van der Waals surface area (Å²) in [5.41, 5.74) is 1.96. The zero-order chi connectivity index (χ0) is 28.6. The average molecular weight is 604 g/mol. The molecule has 0 saturated carbocycles. The van der Waals surface area contributed by atoms with Crippen molar-refractivity contribution in [3.8, 4) is 22.9 Å². The summed E-state index contributed by atoms with van der Waals surface area (Å²) in [6, 6.07) is 14.4. The quantitative estimate of drug-likeness (QED) is 0.211. The predicted octanol–water partition coefficient (Wildman–Crippen LogP) is 7.13. The third-order valence-electron chi connectivity index (χ3n) is 6.90. The lowest BCUT2D eigenvalue weighted by Gasteiger charge is -2.21. The first-order valence-corrected chi connectivity index (χ1v) is 13.7. The molecule has 1 aliphatic heterocycles. The van der Waals surface area contributed by atoms with Crippen molar-refractivity contribution < 1.29 is 28.9 Å². The molecule has 2 N–H and O–H groups in total. The van der Waals surface area contributed by atoms with Crippen molar-refractivity contribution in [3.05, 3.63) is 80.9 Å². The SMILES string of the molecule is CCC(C)[C@H](NC(=O)c1cc2cc(OCc3c(Cl)cccc3Cl)ccc2n1-c1cc2c(cc1Cl)OCO2)C(=O)O. The van der Waals surface area contributed by atoms with E-state index in [1.807, 2.05) is 6.92 Å². The standard InChI is InChI=1S/C29H25Cl3N2O6/c1-3-15(2)27(29(36)37)33-28(35)24-10-16-9-17(38-13-18-19(30)5-4-6-20(18)31)7-8-22(16)34(24)23-12-26-25(11-21(23)32)39-14-40-26/h4-12,15,27H,3,13-14H2,1-2H3,(H,33,35)(H,36,37)/t15?,27-/m0/s1. The molecule has 0 bridgehead atoms. The Bertz CT molecular complexity index is 1600. The number of ether oxygens (including phenoxy) is 3. The Morgan fingerprint density at radius 3 is 2.40 bits per heavy atom. The van der Waals surface area contributed by atoms with E-state index < -0.39 is 17.9 Å². The van der Waals surface area contributed by atoms with Crippen molar-refractivity contribution in [2.75, 3.05) is 6.79 Å². The van der Waals surface area contributed by atoms with Crippen LogP contribution in [0.25, 0.3) is 16.6 Å². The van der Waals surface area contributed by atoms with Crippen LogP contribution in [0.15, 0.2) is 54.6 Å². The number of nitrogens with one attached hydrogen (secondary N) is 1. The minimum atomic E-state index is -1.11. The van der Waals surface area contributed by atoms with E-state index in [0.717, 1.165) is 0 Å². The largest absolute Gasteiger partial charge is 0.489 e. The lowest BCUT2D eigenvalue weighted by Crippen LogP contribution is -2.45. The zero-order valence-electron chi connectivity index (χ0n) is 21.5. The lowest BCUT2D eigenvalue weighted by atomic mass is 9.99. The molecule has 1 aliphatic rings. The molecule has 2 atom stereocenters. The molecule has 40 heavy (non-hydrogen) atoms. The number of carbonyl (C=O) groups is 2. The monoisotopic (exact) mass is 602 g/mol. The Kier molecular flexibility index (Phi) is 8.03. The summed E-state index contributed by atoms with van der Waals surface area (Å²) >= 11 is 19.2. The Balaban J connectivity index is 1.57. The van der Waals surface area contributed by atoms with Gasteiger partial charge < -0.3 is 29.2 Å². The molecule has 1 aromatic heterocycles. The van der Waals surface area contributed by atoms with Gasteiger partial charge in [-0.15, -0.1) is 0 Å². The number of benzene rings is 3. The molecule has 0 saturated heterocycles. The maximum Gasteiger partial charge on any atom is 0.326 e. The van der Waals surface area contributed by atoms with Crippen molar-refractivity contribution in [1.29, 1.82) is 0 Å². The second-order valence-electron chi connectivity index (χ2n) is 9.41. The number of aliphatic carboxylic acids is 1. The maximum atomic E-state index is 13.6. The summed E-state index contributed by atoms with van der Waals surface area (Å²) in [6.45, 7) is 3.84. The van der Waals surface area contributed by atoms with E-state index in [0.29, 0.717) is 60.9 Å². The van der Waals surface area contributed by atoms with Crippen LogP contribution in [0.3, 0.4) is 0 Å². The molecule has 208 valence electrons. The van der Waals surface area contributed by atoms with Gasteiger partial charge >= 0.3 is 5.97 Å². The van der Waals surface area contributed by atoms with Crippen molar-refractivity contribution in [2.45, 2.75) is 32.9 Å². The topological polar surface area (TPSA) is 99.0 Å². The number of carboxylic acids is 1. The summed E-state index contributed by atoms with van der Waals surface area (Å²) in [4.78, 5) is 25.6. The van der Waals surface area contributed by atoms with Crippen LogP contribution in [0, 0.1) is 5.92 Å². The smallest absolute Gasteiger partial charge is 0.326 e. The normalized spacial score (nSPS) is 13.7. The number of carboxylic acid groups (broad SMARTS) is 1. The van der Waals surface area contributed by atoms with Gasteiger partial charge in [0.25, 0.3) is 5.91 Å². The van der Waals surface area contributed by atoms with Crippen LogP contribution in [-0.2, 0) is 11.4 Å². The summed E-state index contributed by atoms with van der Waals surface area (Å²) in [7, 11) is 0. The highest BCUT2D eigenvalue weighted by atomic mass is 35.5. The number of nitrogens with zero attached hydrogens (tertiary/aromatic N) is 1. The van der Waals surface area contributed by atoms with E-state index >= 15 is 0 Å². The van der Waals surface area contributed by atoms with Crippen LogP contribution in [-0.4, -0.2) is 34.4 Å². The van der Waals surface area contributed by atoms with E-state index in [2.05, 4.69) is 5.32 Å². The molecule has 3 aromatic carbocycles. The summed E-state index contributed by atoms with van der Waals surface area (Å²) in [6.07, 6.45) is 0.574. The Morgan fingerprint density at radius 1 is 1.02 bits per heavy atom. The minimum Gasteiger partial charge on any atom is -0.489 e. The molecule has 1 unspecified atom stereocenters. The number of rotatable bonds is 9. The van der Waals surface area contributed by atoms with Crippen LogP contribution in [0.5, 0.6) is 17.2 Å². The van der Waals surface area contributed by atoms with Gasteiger partial charge in [0, 0.05) is 33.1 Å². The number of hydrogen-bond acceptors (Lipinski definition) is 5. The van der Waals surface area contributed by atoms with Crippen molar-refractivity contribution in [3.63, 3.8) is 0 Å². The summed E-state index contributed by atoms with van der Waals surface area (Å²) in [5, 5.41) is 14.4. The molecule has 0 aliphatic carbocycles.